The second-order valence-corrected chi connectivity index (χ2v) is 5.30. The molecule has 1 heterocycles. The van der Waals surface area contributed by atoms with Crippen molar-refractivity contribution in [3.63, 3.8) is 0 Å². The van der Waals surface area contributed by atoms with Crippen LogP contribution in [0.25, 0.3) is 0 Å². The van der Waals surface area contributed by atoms with Gasteiger partial charge in [0.1, 0.15) is 0 Å². The highest BCUT2D eigenvalue weighted by Gasteiger charge is 2.25. The molecule has 4 heteroatoms. The van der Waals surface area contributed by atoms with Gasteiger partial charge >= 0.3 is 0 Å². The summed E-state index contributed by atoms with van der Waals surface area (Å²) in [6.07, 6.45) is 0. The maximum atomic E-state index is 6.43. The van der Waals surface area contributed by atoms with Crippen LogP contribution in [0.4, 0.5) is 5.69 Å². The normalized spacial score (nSPS) is 20.2. The molecule has 1 aromatic carbocycles. The first kappa shape index (κ1) is 13.7. The third kappa shape index (κ3) is 2.79. The molecule has 3 nitrogen and oxygen atoms in total. The Morgan fingerprint density at radius 1 is 1.44 bits per heavy atom. The molecule has 2 rings (SSSR count). The van der Waals surface area contributed by atoms with Crippen molar-refractivity contribution in [3.8, 4) is 0 Å². The van der Waals surface area contributed by atoms with Gasteiger partial charge in [-0.1, -0.05) is 17.7 Å². The first-order valence-corrected chi connectivity index (χ1v) is 6.77. The lowest BCUT2D eigenvalue weighted by Gasteiger charge is -2.38. The molecular weight excluding hydrogens is 248 g/mol. The van der Waals surface area contributed by atoms with Crippen molar-refractivity contribution in [1.82, 2.24) is 5.32 Å². The number of hydrogen-bond acceptors (Lipinski definition) is 3. The van der Waals surface area contributed by atoms with Gasteiger partial charge in [0.25, 0.3) is 0 Å². The summed E-state index contributed by atoms with van der Waals surface area (Å²) in [6.45, 7) is 7.53. The molecule has 100 valence electrons. The van der Waals surface area contributed by atoms with Crippen LogP contribution in [0, 0.1) is 13.8 Å². The largest absolute Gasteiger partial charge is 0.377 e. The van der Waals surface area contributed by atoms with E-state index in [0.29, 0.717) is 6.04 Å². The molecule has 1 aliphatic rings. The van der Waals surface area contributed by atoms with Gasteiger partial charge in [-0.2, -0.15) is 0 Å². The lowest BCUT2D eigenvalue weighted by molar-refractivity contribution is 0.0943. The van der Waals surface area contributed by atoms with Crippen molar-refractivity contribution in [2.45, 2.75) is 19.9 Å². The predicted octanol–water partition coefficient (Wildman–Crippen LogP) is 2.38. The molecule has 0 radical (unpaired) electrons. The first-order chi connectivity index (χ1) is 8.63. The second-order valence-electron chi connectivity index (χ2n) is 4.89. The summed E-state index contributed by atoms with van der Waals surface area (Å²) < 4.78 is 5.57. The SMILES string of the molecule is CNCC1COCCN1c1c(C)cc(C)cc1Cl. The van der Waals surface area contributed by atoms with Crippen LogP contribution in [0.15, 0.2) is 12.1 Å². The van der Waals surface area contributed by atoms with Crippen LogP contribution in [-0.2, 0) is 4.74 Å². The van der Waals surface area contributed by atoms with Crippen LogP contribution in [0.5, 0.6) is 0 Å². The van der Waals surface area contributed by atoms with Crippen LogP contribution in [-0.4, -0.2) is 39.4 Å². The summed E-state index contributed by atoms with van der Waals surface area (Å²) in [5.41, 5.74) is 3.61. The fourth-order valence-corrected chi connectivity index (χ4v) is 3.06. The fraction of sp³-hybridized carbons (Fsp3) is 0.571. The van der Waals surface area contributed by atoms with Crippen molar-refractivity contribution in [3.05, 3.63) is 28.3 Å². The maximum Gasteiger partial charge on any atom is 0.0683 e. The topological polar surface area (TPSA) is 24.5 Å². The lowest BCUT2D eigenvalue weighted by Crippen LogP contribution is -2.50. The monoisotopic (exact) mass is 268 g/mol. The number of nitrogens with one attached hydrogen (secondary N) is 1. The zero-order valence-electron chi connectivity index (χ0n) is 11.3. The molecule has 0 amide bonds. The highest BCUT2D eigenvalue weighted by Crippen LogP contribution is 2.33. The average Bonchev–Trinajstić information content (AvgIpc) is 2.30. The molecule has 1 atom stereocenters. The van der Waals surface area contributed by atoms with Crippen LogP contribution < -0.4 is 10.2 Å². The molecule has 0 aromatic heterocycles. The molecule has 0 bridgehead atoms. The summed E-state index contributed by atoms with van der Waals surface area (Å²) in [5.74, 6) is 0. The molecule has 0 spiro atoms. The van der Waals surface area contributed by atoms with Gasteiger partial charge in [-0.25, -0.2) is 0 Å². The van der Waals surface area contributed by atoms with Crippen LogP contribution in [0.2, 0.25) is 5.02 Å². The van der Waals surface area contributed by atoms with E-state index in [4.69, 9.17) is 16.3 Å². The fourth-order valence-electron chi connectivity index (χ4n) is 2.63. The van der Waals surface area contributed by atoms with E-state index >= 15 is 0 Å². The summed E-state index contributed by atoms with van der Waals surface area (Å²) in [6, 6.07) is 4.57. The minimum Gasteiger partial charge on any atom is -0.377 e. The lowest BCUT2D eigenvalue weighted by atomic mass is 10.1. The molecule has 1 aliphatic heterocycles. The van der Waals surface area contributed by atoms with E-state index in [1.807, 2.05) is 13.1 Å². The third-order valence-electron chi connectivity index (χ3n) is 3.35. The van der Waals surface area contributed by atoms with Gasteiger partial charge in [-0.15, -0.1) is 0 Å². The Labute approximate surface area is 114 Å². The molecule has 1 N–H and O–H groups in total. The Balaban J connectivity index is 2.33. The number of ether oxygens (including phenoxy) is 1. The Morgan fingerprint density at radius 3 is 2.89 bits per heavy atom. The average molecular weight is 269 g/mol. The predicted molar refractivity (Wildman–Crippen MR) is 76.8 cm³/mol. The van der Waals surface area contributed by atoms with Crippen molar-refractivity contribution in [2.75, 3.05) is 38.3 Å². The zero-order chi connectivity index (χ0) is 13.1. The summed E-state index contributed by atoms with van der Waals surface area (Å²) >= 11 is 6.43. The first-order valence-electron chi connectivity index (χ1n) is 6.39. The number of hydrogen-bond donors (Lipinski definition) is 1. The standard InChI is InChI=1S/C14H21ClN2O/c1-10-6-11(2)14(13(15)7-10)17-4-5-18-9-12(17)8-16-3/h6-7,12,16H,4-5,8-9H2,1-3H3. The van der Waals surface area contributed by atoms with E-state index < -0.39 is 0 Å². The molecule has 1 saturated heterocycles. The van der Waals surface area contributed by atoms with E-state index in [1.54, 1.807) is 0 Å². The summed E-state index contributed by atoms with van der Waals surface area (Å²) in [7, 11) is 1.97. The van der Waals surface area contributed by atoms with E-state index in [-0.39, 0.29) is 0 Å². The Morgan fingerprint density at radius 2 is 2.22 bits per heavy atom. The van der Waals surface area contributed by atoms with Crippen LogP contribution in [0.3, 0.4) is 0 Å². The van der Waals surface area contributed by atoms with E-state index in [9.17, 15) is 0 Å². The third-order valence-corrected chi connectivity index (χ3v) is 3.64. The molecule has 1 fully saturated rings. The van der Waals surface area contributed by atoms with E-state index in [0.717, 1.165) is 37.0 Å². The summed E-state index contributed by atoms with van der Waals surface area (Å²) in [4.78, 5) is 2.37. The van der Waals surface area contributed by atoms with Crippen molar-refractivity contribution >= 4 is 17.3 Å². The zero-order valence-corrected chi connectivity index (χ0v) is 12.0. The molecular formula is C14H21ClN2O. The van der Waals surface area contributed by atoms with Gasteiger partial charge in [0.2, 0.25) is 0 Å². The molecule has 0 aliphatic carbocycles. The van der Waals surface area contributed by atoms with Gasteiger partial charge in [0, 0.05) is 13.1 Å². The minimum absolute atomic E-state index is 0.350. The Bertz CT molecular complexity index is 397. The number of rotatable bonds is 3. The molecule has 0 saturated carbocycles. The van der Waals surface area contributed by atoms with Gasteiger partial charge < -0.3 is 15.0 Å². The number of aryl methyl sites for hydroxylation is 2. The number of anilines is 1. The molecule has 18 heavy (non-hydrogen) atoms. The molecule has 1 aromatic rings. The summed E-state index contributed by atoms with van der Waals surface area (Å²) in [5, 5.41) is 4.07. The van der Waals surface area contributed by atoms with Gasteiger partial charge in [-0.3, -0.25) is 0 Å². The van der Waals surface area contributed by atoms with Crippen LogP contribution >= 0.6 is 11.6 Å². The highest BCUT2D eigenvalue weighted by atomic mass is 35.5. The maximum absolute atomic E-state index is 6.43. The highest BCUT2D eigenvalue weighted by molar-refractivity contribution is 6.33. The number of morpholine rings is 1. The van der Waals surface area contributed by atoms with Gasteiger partial charge in [0.05, 0.1) is 30.0 Å². The second kappa shape index (κ2) is 5.91. The Hall–Kier alpha value is -0.770. The Kier molecular flexibility index (Phi) is 4.49. The molecule has 1 unspecified atom stereocenters. The van der Waals surface area contributed by atoms with Crippen molar-refractivity contribution in [2.24, 2.45) is 0 Å². The van der Waals surface area contributed by atoms with E-state index in [1.165, 1.54) is 11.1 Å². The smallest absolute Gasteiger partial charge is 0.0683 e. The quantitative estimate of drug-likeness (QED) is 0.911. The number of nitrogens with zero attached hydrogens (tertiary/aromatic N) is 1. The minimum atomic E-state index is 0.350. The van der Waals surface area contributed by atoms with Crippen molar-refractivity contribution in [1.29, 1.82) is 0 Å². The number of likely N-dealkylation sites (N-methyl/N-ethyl adjacent to an activating group) is 1. The number of benzene rings is 1. The van der Waals surface area contributed by atoms with Crippen LogP contribution in [0.1, 0.15) is 11.1 Å². The van der Waals surface area contributed by atoms with Crippen molar-refractivity contribution < 1.29 is 4.74 Å². The number of halogens is 1. The van der Waals surface area contributed by atoms with Gasteiger partial charge in [-0.05, 0) is 38.1 Å². The van der Waals surface area contributed by atoms with E-state index in [2.05, 4.69) is 30.1 Å². The van der Waals surface area contributed by atoms with Gasteiger partial charge in [0.15, 0.2) is 0 Å².